The van der Waals surface area contributed by atoms with Crippen LogP contribution in [0.25, 0.3) is 0 Å². The van der Waals surface area contributed by atoms with E-state index < -0.39 is 0 Å². The summed E-state index contributed by atoms with van der Waals surface area (Å²) in [5, 5.41) is 4.48. The summed E-state index contributed by atoms with van der Waals surface area (Å²) in [7, 11) is 1.66. The van der Waals surface area contributed by atoms with Crippen molar-refractivity contribution < 1.29 is 9.53 Å². The van der Waals surface area contributed by atoms with Crippen molar-refractivity contribution in [3.63, 3.8) is 0 Å². The highest BCUT2D eigenvalue weighted by Gasteiger charge is 2.44. The SMILES string of the molecule is COc1ccc([C@H]2C[C@@H](c3ccccc3)N(C(=O)C3CC3)c3ncnn32)cc1. The van der Waals surface area contributed by atoms with Crippen LogP contribution >= 0.6 is 0 Å². The standard InChI is InChI=1S/C22H22N4O2/c1-28-18-11-9-16(10-12-18)20-13-19(15-5-3-2-4-6-15)25(21(27)17-7-8-17)22-23-14-24-26(20)22/h2-6,9-12,14,17,19-20H,7-8,13H2,1H3/t19-,20+/m0/s1. The lowest BCUT2D eigenvalue weighted by Crippen LogP contribution is -2.43. The first kappa shape index (κ1) is 17.0. The molecular formula is C22H22N4O2. The van der Waals surface area contributed by atoms with Crippen LogP contribution in [0.4, 0.5) is 5.95 Å². The molecule has 3 aromatic rings. The summed E-state index contributed by atoms with van der Waals surface area (Å²) < 4.78 is 7.19. The Balaban J connectivity index is 1.60. The molecule has 2 heterocycles. The second kappa shape index (κ2) is 6.78. The van der Waals surface area contributed by atoms with E-state index >= 15 is 0 Å². The Kier molecular flexibility index (Phi) is 4.11. The average Bonchev–Trinajstić information content (AvgIpc) is 3.49. The van der Waals surface area contributed by atoms with Crippen molar-refractivity contribution in [2.45, 2.75) is 31.3 Å². The van der Waals surface area contributed by atoms with Gasteiger partial charge in [0.15, 0.2) is 0 Å². The Hall–Kier alpha value is -3.15. The smallest absolute Gasteiger partial charge is 0.233 e. The number of hydrogen-bond donors (Lipinski definition) is 0. The van der Waals surface area contributed by atoms with E-state index in [4.69, 9.17) is 4.74 Å². The summed E-state index contributed by atoms with van der Waals surface area (Å²) in [6.45, 7) is 0. The first-order chi connectivity index (χ1) is 13.8. The van der Waals surface area contributed by atoms with Crippen LogP contribution in [0.15, 0.2) is 60.9 Å². The molecule has 0 spiro atoms. The summed E-state index contributed by atoms with van der Waals surface area (Å²) in [6, 6.07) is 18.2. The Morgan fingerprint density at radius 1 is 1.00 bits per heavy atom. The average molecular weight is 374 g/mol. The fourth-order valence-electron chi connectivity index (χ4n) is 4.04. The molecule has 1 fully saturated rings. The molecule has 142 valence electrons. The lowest BCUT2D eigenvalue weighted by molar-refractivity contribution is -0.120. The number of benzene rings is 2. The van der Waals surface area contributed by atoms with Crippen LogP contribution in [-0.4, -0.2) is 27.8 Å². The van der Waals surface area contributed by atoms with Crippen molar-refractivity contribution in [2.75, 3.05) is 12.0 Å². The second-order valence-electron chi connectivity index (χ2n) is 7.44. The van der Waals surface area contributed by atoms with Gasteiger partial charge >= 0.3 is 0 Å². The fraction of sp³-hybridized carbons (Fsp3) is 0.318. The zero-order valence-corrected chi connectivity index (χ0v) is 15.7. The number of hydrogen-bond acceptors (Lipinski definition) is 4. The number of ether oxygens (including phenoxy) is 1. The van der Waals surface area contributed by atoms with Crippen LogP contribution in [0, 0.1) is 5.92 Å². The minimum atomic E-state index is -0.0573. The highest BCUT2D eigenvalue weighted by molar-refractivity contribution is 5.96. The van der Waals surface area contributed by atoms with E-state index in [0.29, 0.717) is 5.95 Å². The number of fused-ring (bicyclic) bond motifs is 1. The van der Waals surface area contributed by atoms with Gasteiger partial charge in [-0.15, -0.1) is 0 Å². The van der Waals surface area contributed by atoms with Crippen molar-refractivity contribution in [1.29, 1.82) is 0 Å². The Labute approximate surface area is 163 Å². The predicted octanol–water partition coefficient (Wildman–Crippen LogP) is 3.76. The first-order valence-corrected chi connectivity index (χ1v) is 9.67. The minimum absolute atomic E-state index is 0.0110. The summed E-state index contributed by atoms with van der Waals surface area (Å²) in [4.78, 5) is 19.5. The molecule has 1 aliphatic heterocycles. The zero-order chi connectivity index (χ0) is 19.1. The van der Waals surface area contributed by atoms with Crippen LogP contribution < -0.4 is 9.64 Å². The topological polar surface area (TPSA) is 60.2 Å². The maximum atomic E-state index is 13.2. The maximum absolute atomic E-state index is 13.2. The normalized spacial score (nSPS) is 21.2. The number of carbonyl (C=O) groups excluding carboxylic acids is 1. The Bertz CT molecular complexity index is 979. The van der Waals surface area contributed by atoms with E-state index in [9.17, 15) is 4.79 Å². The monoisotopic (exact) mass is 374 g/mol. The molecule has 6 nitrogen and oxygen atoms in total. The molecule has 0 radical (unpaired) electrons. The van der Waals surface area contributed by atoms with Gasteiger partial charge in [-0.2, -0.15) is 10.1 Å². The van der Waals surface area contributed by atoms with Crippen LogP contribution in [0.5, 0.6) is 5.75 Å². The largest absolute Gasteiger partial charge is 0.497 e. The Morgan fingerprint density at radius 2 is 1.71 bits per heavy atom. The highest BCUT2D eigenvalue weighted by atomic mass is 16.5. The number of amides is 1. The molecule has 0 saturated heterocycles. The van der Waals surface area contributed by atoms with Crippen molar-refractivity contribution in [2.24, 2.45) is 5.92 Å². The van der Waals surface area contributed by atoms with E-state index in [1.807, 2.05) is 39.9 Å². The van der Waals surface area contributed by atoms with Gasteiger partial charge in [0.25, 0.3) is 0 Å². The third-order valence-corrected chi connectivity index (χ3v) is 5.67. The van der Waals surface area contributed by atoms with Crippen LogP contribution in [-0.2, 0) is 4.79 Å². The van der Waals surface area contributed by atoms with Crippen molar-refractivity contribution >= 4 is 11.9 Å². The third-order valence-electron chi connectivity index (χ3n) is 5.67. The van der Waals surface area contributed by atoms with Gasteiger partial charge in [0.05, 0.1) is 19.2 Å². The molecule has 0 N–H and O–H groups in total. The molecule has 2 aromatic carbocycles. The van der Waals surface area contributed by atoms with Gasteiger partial charge in [-0.1, -0.05) is 42.5 Å². The van der Waals surface area contributed by atoms with E-state index in [1.54, 1.807) is 13.4 Å². The van der Waals surface area contributed by atoms with Crippen molar-refractivity contribution in [3.8, 4) is 5.75 Å². The number of nitrogens with zero attached hydrogens (tertiary/aromatic N) is 4. The molecule has 2 atom stereocenters. The molecule has 1 amide bonds. The minimum Gasteiger partial charge on any atom is -0.497 e. The number of carbonyl (C=O) groups is 1. The molecule has 28 heavy (non-hydrogen) atoms. The van der Waals surface area contributed by atoms with Crippen LogP contribution in [0.2, 0.25) is 0 Å². The number of anilines is 1. The third kappa shape index (κ3) is 2.85. The quantitative estimate of drug-likeness (QED) is 0.698. The van der Waals surface area contributed by atoms with Gasteiger partial charge in [-0.3, -0.25) is 9.69 Å². The lowest BCUT2D eigenvalue weighted by atomic mass is 9.91. The number of aromatic nitrogens is 3. The first-order valence-electron chi connectivity index (χ1n) is 9.67. The van der Waals surface area contributed by atoms with Gasteiger partial charge < -0.3 is 4.74 Å². The molecule has 1 aromatic heterocycles. The fourth-order valence-corrected chi connectivity index (χ4v) is 4.04. The molecule has 2 aliphatic rings. The number of methoxy groups -OCH3 is 1. The van der Waals surface area contributed by atoms with Crippen LogP contribution in [0.3, 0.4) is 0 Å². The maximum Gasteiger partial charge on any atom is 0.233 e. The summed E-state index contributed by atoms with van der Waals surface area (Å²) in [6.07, 6.45) is 4.23. The van der Waals surface area contributed by atoms with Gasteiger partial charge in [-0.25, -0.2) is 4.68 Å². The molecule has 1 aliphatic carbocycles. The van der Waals surface area contributed by atoms with Gasteiger partial charge in [0.1, 0.15) is 12.1 Å². The van der Waals surface area contributed by atoms with Crippen LogP contribution in [0.1, 0.15) is 42.5 Å². The van der Waals surface area contributed by atoms with Gasteiger partial charge in [0, 0.05) is 5.92 Å². The van der Waals surface area contributed by atoms with E-state index in [1.165, 1.54) is 0 Å². The number of rotatable bonds is 4. The predicted molar refractivity (Wildman–Crippen MR) is 105 cm³/mol. The zero-order valence-electron chi connectivity index (χ0n) is 15.7. The molecule has 0 bridgehead atoms. The molecule has 0 unspecified atom stereocenters. The Morgan fingerprint density at radius 3 is 2.39 bits per heavy atom. The summed E-state index contributed by atoms with van der Waals surface area (Å²) in [5.41, 5.74) is 2.26. The summed E-state index contributed by atoms with van der Waals surface area (Å²) >= 11 is 0. The molecule has 1 saturated carbocycles. The molecule has 6 heteroatoms. The van der Waals surface area contributed by atoms with E-state index in [-0.39, 0.29) is 23.9 Å². The highest BCUT2D eigenvalue weighted by Crippen LogP contribution is 2.44. The molecular weight excluding hydrogens is 352 g/mol. The van der Waals surface area contributed by atoms with Crippen molar-refractivity contribution in [3.05, 3.63) is 72.1 Å². The molecule has 5 rings (SSSR count). The summed E-state index contributed by atoms with van der Waals surface area (Å²) in [5.74, 6) is 1.74. The van der Waals surface area contributed by atoms with E-state index in [0.717, 1.165) is 36.1 Å². The van der Waals surface area contributed by atoms with E-state index in [2.05, 4.69) is 34.3 Å². The lowest BCUT2D eigenvalue weighted by Gasteiger charge is -2.39. The van der Waals surface area contributed by atoms with Crippen molar-refractivity contribution in [1.82, 2.24) is 14.8 Å². The second-order valence-corrected chi connectivity index (χ2v) is 7.44. The van der Waals surface area contributed by atoms with Gasteiger partial charge in [-0.05, 0) is 42.5 Å². The van der Waals surface area contributed by atoms with Gasteiger partial charge in [0.2, 0.25) is 11.9 Å².